The molecule has 2 aliphatic heterocycles. The molecule has 4 amide bonds. The summed E-state index contributed by atoms with van der Waals surface area (Å²) in [5.41, 5.74) is 2.25. The number of methoxy groups -OCH3 is 2. The standard InChI is InChI=1S/C44H42N2O6/c1-4-5-6-7-8-9-10-11-12-13-22-45-41(47)33-18-14-29-31-16-20-35-40-36(44(50)46(43(35)49)26-23-27(51-2)25-28(24-26)52-3)21-17-32(38(31)40)30-15-19-34(42(45)48)39(33)37(29)30/h14-21,23-25H,4-13,22H2,1-3H3. The van der Waals surface area contributed by atoms with Gasteiger partial charge >= 0.3 is 0 Å². The number of carbonyl (C=O) groups is 4. The number of imide groups is 2. The van der Waals surface area contributed by atoms with Gasteiger partial charge in [-0.25, -0.2) is 4.90 Å². The third-order valence-electron chi connectivity index (χ3n) is 11.0. The van der Waals surface area contributed by atoms with E-state index in [-0.39, 0.29) is 11.8 Å². The number of unbranched alkanes of at least 4 members (excludes halogenated alkanes) is 9. The summed E-state index contributed by atoms with van der Waals surface area (Å²) in [4.78, 5) is 58.7. The van der Waals surface area contributed by atoms with E-state index in [1.165, 1.54) is 69.0 Å². The fraction of sp³-hybridized carbons (Fsp3) is 0.318. The highest BCUT2D eigenvalue weighted by molar-refractivity contribution is 6.43. The summed E-state index contributed by atoms with van der Waals surface area (Å²) in [7, 11) is 3.04. The average molecular weight is 695 g/mol. The normalized spacial score (nSPS) is 14.2. The topological polar surface area (TPSA) is 93.2 Å². The number of amides is 4. The molecule has 8 rings (SSSR count). The fourth-order valence-corrected chi connectivity index (χ4v) is 8.43. The Morgan fingerprint density at radius 1 is 0.462 bits per heavy atom. The lowest BCUT2D eigenvalue weighted by molar-refractivity contribution is 0.0607. The summed E-state index contributed by atoms with van der Waals surface area (Å²) in [6, 6.07) is 19.9. The van der Waals surface area contributed by atoms with Crippen molar-refractivity contribution < 1.29 is 28.7 Å². The van der Waals surface area contributed by atoms with E-state index in [9.17, 15) is 19.2 Å². The van der Waals surface area contributed by atoms with Crippen LogP contribution in [0.2, 0.25) is 0 Å². The second-order valence-electron chi connectivity index (χ2n) is 14.1. The van der Waals surface area contributed by atoms with Gasteiger partial charge in [-0.3, -0.25) is 24.1 Å². The maximum absolute atomic E-state index is 14.1. The molecule has 0 fully saturated rings. The second kappa shape index (κ2) is 13.6. The van der Waals surface area contributed by atoms with Crippen LogP contribution in [-0.2, 0) is 0 Å². The monoisotopic (exact) mass is 694 g/mol. The number of anilines is 1. The van der Waals surface area contributed by atoms with Crippen molar-refractivity contribution in [1.29, 1.82) is 0 Å². The van der Waals surface area contributed by atoms with Gasteiger partial charge in [0.25, 0.3) is 23.6 Å². The summed E-state index contributed by atoms with van der Waals surface area (Å²) in [5.74, 6) is -0.460. The third kappa shape index (κ3) is 5.26. The minimum absolute atomic E-state index is 0.251. The van der Waals surface area contributed by atoms with Gasteiger partial charge in [0.2, 0.25) is 0 Å². The van der Waals surface area contributed by atoms with E-state index in [1.54, 1.807) is 30.3 Å². The predicted molar refractivity (Wildman–Crippen MR) is 206 cm³/mol. The number of fused-ring (bicyclic) bond motifs is 2. The lowest BCUT2D eigenvalue weighted by atomic mass is 9.82. The largest absolute Gasteiger partial charge is 0.497 e. The molecule has 0 aliphatic carbocycles. The molecule has 6 aromatic rings. The fourth-order valence-electron chi connectivity index (χ4n) is 8.43. The van der Waals surface area contributed by atoms with Crippen LogP contribution in [0.15, 0.2) is 66.7 Å². The number of nitrogens with zero attached hydrogens (tertiary/aromatic N) is 2. The highest BCUT2D eigenvalue weighted by atomic mass is 16.5. The molecular formula is C44H42N2O6. The first-order chi connectivity index (χ1) is 25.4. The Bertz CT molecular complexity index is 2290. The van der Waals surface area contributed by atoms with Crippen molar-refractivity contribution in [3.8, 4) is 11.5 Å². The van der Waals surface area contributed by atoms with Gasteiger partial charge in [0, 0.05) is 57.8 Å². The Labute approximate surface area is 302 Å². The predicted octanol–water partition coefficient (Wildman–Crippen LogP) is 10.1. The van der Waals surface area contributed by atoms with Crippen LogP contribution in [0.5, 0.6) is 11.5 Å². The summed E-state index contributed by atoms with van der Waals surface area (Å²) in [6.07, 6.45) is 11.8. The van der Waals surface area contributed by atoms with Gasteiger partial charge in [0.1, 0.15) is 11.5 Å². The lowest BCUT2D eigenvalue weighted by Gasteiger charge is -2.30. The first-order valence-corrected chi connectivity index (χ1v) is 18.6. The molecule has 264 valence electrons. The van der Waals surface area contributed by atoms with Crippen molar-refractivity contribution in [2.24, 2.45) is 0 Å². The molecule has 8 heteroatoms. The van der Waals surface area contributed by atoms with Crippen LogP contribution >= 0.6 is 0 Å². The number of benzene rings is 6. The van der Waals surface area contributed by atoms with Crippen molar-refractivity contribution in [3.63, 3.8) is 0 Å². The number of hydrogen-bond donors (Lipinski definition) is 0. The molecule has 0 saturated heterocycles. The number of ether oxygens (including phenoxy) is 2. The Kier molecular flexibility index (Phi) is 8.77. The molecule has 0 aromatic heterocycles. The van der Waals surface area contributed by atoms with Crippen molar-refractivity contribution >= 4 is 72.4 Å². The lowest BCUT2D eigenvalue weighted by Crippen LogP contribution is -2.41. The number of rotatable bonds is 14. The molecule has 8 nitrogen and oxygen atoms in total. The van der Waals surface area contributed by atoms with Crippen LogP contribution < -0.4 is 14.4 Å². The van der Waals surface area contributed by atoms with Crippen molar-refractivity contribution in [3.05, 3.63) is 89.0 Å². The molecule has 0 radical (unpaired) electrons. The molecule has 2 aliphatic rings. The molecule has 2 heterocycles. The van der Waals surface area contributed by atoms with Gasteiger partial charge in [0.05, 0.1) is 19.9 Å². The summed E-state index contributed by atoms with van der Waals surface area (Å²) in [6.45, 7) is 2.65. The molecule has 52 heavy (non-hydrogen) atoms. The molecule has 0 bridgehead atoms. The van der Waals surface area contributed by atoms with Gasteiger partial charge in [-0.1, -0.05) is 89.0 Å². The van der Waals surface area contributed by atoms with Crippen LogP contribution in [-0.4, -0.2) is 49.3 Å². The van der Waals surface area contributed by atoms with Gasteiger partial charge in [0.15, 0.2) is 0 Å². The van der Waals surface area contributed by atoms with Crippen LogP contribution in [0.4, 0.5) is 5.69 Å². The quantitative estimate of drug-likeness (QED) is 0.0488. The smallest absolute Gasteiger partial charge is 0.265 e. The van der Waals surface area contributed by atoms with Crippen LogP contribution in [0.1, 0.15) is 113 Å². The molecule has 0 spiro atoms. The first kappa shape index (κ1) is 33.6. The van der Waals surface area contributed by atoms with Gasteiger partial charge in [-0.15, -0.1) is 0 Å². The van der Waals surface area contributed by atoms with Crippen molar-refractivity contribution in [2.45, 2.75) is 71.1 Å². The van der Waals surface area contributed by atoms with Crippen LogP contribution in [0.3, 0.4) is 0 Å². The van der Waals surface area contributed by atoms with Crippen LogP contribution in [0.25, 0.3) is 43.1 Å². The van der Waals surface area contributed by atoms with E-state index >= 15 is 0 Å². The highest BCUT2D eigenvalue weighted by Gasteiger charge is 2.37. The van der Waals surface area contributed by atoms with E-state index in [1.807, 2.05) is 36.4 Å². The number of carbonyl (C=O) groups excluding carboxylic acids is 4. The maximum atomic E-state index is 14.1. The van der Waals surface area contributed by atoms with E-state index in [0.717, 1.165) is 51.6 Å². The molecule has 0 atom stereocenters. The van der Waals surface area contributed by atoms with Gasteiger partial charge in [-0.05, 0) is 63.0 Å². The molecule has 0 N–H and O–H groups in total. The zero-order valence-corrected chi connectivity index (χ0v) is 30.0. The summed E-state index contributed by atoms with van der Waals surface area (Å²) >= 11 is 0. The third-order valence-corrected chi connectivity index (χ3v) is 11.0. The second-order valence-corrected chi connectivity index (χ2v) is 14.1. The maximum Gasteiger partial charge on any atom is 0.265 e. The summed E-state index contributed by atoms with van der Waals surface area (Å²) in [5, 5.41) is 6.40. The Balaban J connectivity index is 1.13. The van der Waals surface area contributed by atoms with E-state index in [4.69, 9.17) is 9.47 Å². The van der Waals surface area contributed by atoms with Crippen molar-refractivity contribution in [2.75, 3.05) is 25.7 Å². The van der Waals surface area contributed by atoms with Crippen molar-refractivity contribution in [1.82, 2.24) is 4.90 Å². The molecular weight excluding hydrogens is 652 g/mol. The summed E-state index contributed by atoms with van der Waals surface area (Å²) < 4.78 is 10.8. The number of hydrogen-bond acceptors (Lipinski definition) is 6. The minimum atomic E-state index is -0.439. The van der Waals surface area contributed by atoms with Gasteiger partial charge in [-0.2, -0.15) is 0 Å². The Hall–Kier alpha value is -5.50. The molecule has 6 aromatic carbocycles. The zero-order chi connectivity index (χ0) is 36.1. The van der Waals surface area contributed by atoms with Gasteiger partial charge < -0.3 is 9.47 Å². The first-order valence-electron chi connectivity index (χ1n) is 18.6. The Morgan fingerprint density at radius 3 is 1.25 bits per heavy atom. The zero-order valence-electron chi connectivity index (χ0n) is 30.0. The molecule has 0 saturated carbocycles. The van der Waals surface area contributed by atoms with Crippen LogP contribution in [0, 0.1) is 0 Å². The SMILES string of the molecule is CCCCCCCCCCCCN1C(=O)c2ccc3c4ccc5c6c(ccc(c7ccc(c2c37)C1=O)c64)C(=O)N(c1cc(OC)cc(OC)c1)C5=O. The minimum Gasteiger partial charge on any atom is -0.497 e. The average Bonchev–Trinajstić information content (AvgIpc) is 3.17. The molecule has 0 unspecified atom stereocenters. The Morgan fingerprint density at radius 2 is 0.846 bits per heavy atom. The highest BCUT2D eigenvalue weighted by Crippen LogP contribution is 2.47. The van der Waals surface area contributed by atoms with E-state index in [0.29, 0.717) is 56.8 Å². The van der Waals surface area contributed by atoms with E-state index in [2.05, 4.69) is 6.92 Å². The van der Waals surface area contributed by atoms with E-state index < -0.39 is 11.8 Å².